The molecule has 0 atom stereocenters. The molecule has 1 rings (SSSR count). The number of nitrogens with two attached hydrogens (primary N) is 1. The minimum absolute atomic E-state index is 0.208. The third-order valence-electron chi connectivity index (χ3n) is 2.30. The summed E-state index contributed by atoms with van der Waals surface area (Å²) in [4.78, 5) is 11.6. The van der Waals surface area contributed by atoms with Crippen molar-refractivity contribution in [1.29, 1.82) is 0 Å². The summed E-state index contributed by atoms with van der Waals surface area (Å²) >= 11 is 3.42. The van der Waals surface area contributed by atoms with Gasteiger partial charge in [0.15, 0.2) is 0 Å². The van der Waals surface area contributed by atoms with Crippen molar-refractivity contribution in [2.24, 2.45) is 5.73 Å². The second-order valence-corrected chi connectivity index (χ2v) is 4.42. The Labute approximate surface area is 104 Å². The van der Waals surface area contributed by atoms with Crippen LogP contribution >= 0.6 is 15.9 Å². The van der Waals surface area contributed by atoms with E-state index < -0.39 is 0 Å². The van der Waals surface area contributed by atoms with Gasteiger partial charge < -0.3 is 10.5 Å². The lowest BCUT2D eigenvalue weighted by atomic mass is 10.1. The third-order valence-corrected chi connectivity index (χ3v) is 3.07. The van der Waals surface area contributed by atoms with E-state index in [1.807, 2.05) is 18.2 Å². The van der Waals surface area contributed by atoms with Crippen molar-refractivity contribution in [2.45, 2.75) is 19.3 Å². The Morgan fingerprint density at radius 1 is 1.50 bits per heavy atom. The zero-order valence-electron chi connectivity index (χ0n) is 9.33. The zero-order chi connectivity index (χ0) is 12.0. The second-order valence-electron chi connectivity index (χ2n) is 3.57. The highest BCUT2D eigenvalue weighted by atomic mass is 79.9. The number of halogens is 1. The molecule has 4 heteroatoms. The molecular formula is C12H16BrNO2. The van der Waals surface area contributed by atoms with E-state index in [-0.39, 0.29) is 5.78 Å². The van der Waals surface area contributed by atoms with Gasteiger partial charge in [0.05, 0.1) is 7.11 Å². The number of Topliss-reactive ketones (excluding diaryl/α,β-unsaturated/α-hetero) is 1. The Kier molecular flexibility index (Phi) is 5.49. The fourth-order valence-electron chi connectivity index (χ4n) is 1.41. The van der Waals surface area contributed by atoms with E-state index in [0.29, 0.717) is 19.4 Å². The summed E-state index contributed by atoms with van der Waals surface area (Å²) in [7, 11) is 1.61. The van der Waals surface area contributed by atoms with Gasteiger partial charge in [0.25, 0.3) is 0 Å². The Morgan fingerprint density at radius 3 is 2.88 bits per heavy atom. The molecule has 0 heterocycles. The predicted octanol–water partition coefficient (Wildman–Crippen LogP) is 2.31. The molecule has 16 heavy (non-hydrogen) atoms. The Balaban J connectivity index is 2.68. The maximum Gasteiger partial charge on any atom is 0.137 e. The van der Waals surface area contributed by atoms with Gasteiger partial charge >= 0.3 is 0 Å². The first-order chi connectivity index (χ1) is 7.67. The van der Waals surface area contributed by atoms with Crippen LogP contribution in [0.2, 0.25) is 0 Å². The van der Waals surface area contributed by atoms with E-state index in [9.17, 15) is 4.79 Å². The number of rotatable bonds is 6. The molecule has 0 saturated heterocycles. The van der Waals surface area contributed by atoms with E-state index in [2.05, 4.69) is 15.9 Å². The molecule has 0 aromatic heterocycles. The summed E-state index contributed by atoms with van der Waals surface area (Å²) in [6.07, 6.45) is 1.72. The summed E-state index contributed by atoms with van der Waals surface area (Å²) in [6.45, 7) is 0.561. The summed E-state index contributed by atoms with van der Waals surface area (Å²) in [5.74, 6) is 0.976. The van der Waals surface area contributed by atoms with Crippen LogP contribution < -0.4 is 10.5 Å². The highest BCUT2D eigenvalue weighted by Crippen LogP contribution is 2.23. The molecule has 0 radical (unpaired) electrons. The molecular weight excluding hydrogens is 270 g/mol. The van der Waals surface area contributed by atoms with E-state index in [1.165, 1.54) is 0 Å². The lowest BCUT2D eigenvalue weighted by Crippen LogP contribution is -2.07. The fraction of sp³-hybridized carbons (Fsp3) is 0.417. The molecule has 0 spiro atoms. The van der Waals surface area contributed by atoms with Crippen LogP contribution in [0.25, 0.3) is 0 Å². The van der Waals surface area contributed by atoms with Crippen LogP contribution in [-0.2, 0) is 11.2 Å². The zero-order valence-corrected chi connectivity index (χ0v) is 10.9. The van der Waals surface area contributed by atoms with Crippen molar-refractivity contribution in [3.8, 4) is 5.75 Å². The van der Waals surface area contributed by atoms with Crippen LogP contribution in [0.4, 0.5) is 0 Å². The van der Waals surface area contributed by atoms with Gasteiger partial charge in [0.1, 0.15) is 11.5 Å². The smallest absolute Gasteiger partial charge is 0.137 e. The van der Waals surface area contributed by atoms with Crippen LogP contribution in [0, 0.1) is 0 Å². The fourth-order valence-corrected chi connectivity index (χ4v) is 1.80. The van der Waals surface area contributed by atoms with Gasteiger partial charge in [-0.25, -0.2) is 0 Å². The monoisotopic (exact) mass is 285 g/mol. The minimum Gasteiger partial charge on any atom is -0.497 e. The van der Waals surface area contributed by atoms with Crippen LogP contribution in [-0.4, -0.2) is 19.4 Å². The molecule has 88 valence electrons. The van der Waals surface area contributed by atoms with Crippen molar-refractivity contribution in [1.82, 2.24) is 0 Å². The SMILES string of the molecule is COc1ccc(Br)c(CC(=O)CCCN)c1. The number of carbonyl (C=O) groups is 1. The van der Waals surface area contributed by atoms with E-state index in [1.54, 1.807) is 7.11 Å². The molecule has 0 unspecified atom stereocenters. The molecule has 0 amide bonds. The number of benzene rings is 1. The third kappa shape index (κ3) is 3.94. The van der Waals surface area contributed by atoms with Crippen molar-refractivity contribution in [3.05, 3.63) is 28.2 Å². The standard InChI is InChI=1S/C12H16BrNO2/c1-16-11-4-5-12(13)9(8-11)7-10(15)3-2-6-14/h4-5,8H,2-3,6-7,14H2,1H3. The molecule has 0 aliphatic heterocycles. The minimum atomic E-state index is 0.208. The van der Waals surface area contributed by atoms with E-state index in [0.717, 1.165) is 22.2 Å². The molecule has 1 aromatic rings. The van der Waals surface area contributed by atoms with Crippen molar-refractivity contribution >= 4 is 21.7 Å². The lowest BCUT2D eigenvalue weighted by Gasteiger charge is -2.06. The van der Waals surface area contributed by atoms with Crippen LogP contribution in [0.15, 0.2) is 22.7 Å². The highest BCUT2D eigenvalue weighted by Gasteiger charge is 2.07. The quantitative estimate of drug-likeness (QED) is 0.873. The average Bonchev–Trinajstić information content (AvgIpc) is 2.29. The second kappa shape index (κ2) is 6.66. The summed E-state index contributed by atoms with van der Waals surface area (Å²) in [5.41, 5.74) is 6.32. The molecule has 3 nitrogen and oxygen atoms in total. The van der Waals surface area contributed by atoms with E-state index >= 15 is 0 Å². The van der Waals surface area contributed by atoms with E-state index in [4.69, 9.17) is 10.5 Å². The highest BCUT2D eigenvalue weighted by molar-refractivity contribution is 9.10. The number of ketones is 1. The topological polar surface area (TPSA) is 52.3 Å². The van der Waals surface area contributed by atoms with Gasteiger partial charge in [0, 0.05) is 17.3 Å². The van der Waals surface area contributed by atoms with Crippen LogP contribution in [0.5, 0.6) is 5.75 Å². The first kappa shape index (κ1) is 13.2. The number of hydrogen-bond acceptors (Lipinski definition) is 3. The molecule has 1 aromatic carbocycles. The van der Waals surface area contributed by atoms with Crippen molar-refractivity contribution in [3.63, 3.8) is 0 Å². The average molecular weight is 286 g/mol. The van der Waals surface area contributed by atoms with Gasteiger partial charge in [-0.1, -0.05) is 15.9 Å². The Bertz CT molecular complexity index is 366. The predicted molar refractivity (Wildman–Crippen MR) is 67.7 cm³/mol. The van der Waals surface area contributed by atoms with Gasteiger partial charge in [0.2, 0.25) is 0 Å². The first-order valence-electron chi connectivity index (χ1n) is 5.21. The number of methoxy groups -OCH3 is 1. The maximum absolute atomic E-state index is 11.6. The van der Waals surface area contributed by atoms with Crippen molar-refractivity contribution in [2.75, 3.05) is 13.7 Å². The maximum atomic E-state index is 11.6. The summed E-state index contributed by atoms with van der Waals surface area (Å²) in [5, 5.41) is 0. The number of carbonyl (C=O) groups excluding carboxylic acids is 1. The Morgan fingerprint density at radius 2 is 2.25 bits per heavy atom. The molecule has 0 aliphatic rings. The van der Waals surface area contributed by atoms with Gasteiger partial charge in [-0.2, -0.15) is 0 Å². The molecule has 0 saturated carbocycles. The Hall–Kier alpha value is -0.870. The molecule has 0 fully saturated rings. The lowest BCUT2D eigenvalue weighted by molar-refractivity contribution is -0.118. The molecule has 2 N–H and O–H groups in total. The number of ether oxygens (including phenoxy) is 1. The number of hydrogen-bond donors (Lipinski definition) is 1. The van der Waals surface area contributed by atoms with Crippen LogP contribution in [0.1, 0.15) is 18.4 Å². The van der Waals surface area contributed by atoms with Gasteiger partial charge in [-0.05, 0) is 36.7 Å². The van der Waals surface area contributed by atoms with Crippen molar-refractivity contribution < 1.29 is 9.53 Å². The van der Waals surface area contributed by atoms with Gasteiger partial charge in [-0.15, -0.1) is 0 Å². The summed E-state index contributed by atoms with van der Waals surface area (Å²) in [6, 6.07) is 5.63. The normalized spacial score (nSPS) is 10.2. The largest absolute Gasteiger partial charge is 0.497 e. The summed E-state index contributed by atoms with van der Waals surface area (Å²) < 4.78 is 6.06. The molecule has 0 aliphatic carbocycles. The molecule has 0 bridgehead atoms. The van der Waals surface area contributed by atoms with Crippen LogP contribution in [0.3, 0.4) is 0 Å². The first-order valence-corrected chi connectivity index (χ1v) is 6.01. The van der Waals surface area contributed by atoms with Gasteiger partial charge in [-0.3, -0.25) is 4.79 Å².